The van der Waals surface area contributed by atoms with Crippen molar-refractivity contribution in [3.8, 4) is 0 Å². The van der Waals surface area contributed by atoms with Crippen LogP contribution in [0.15, 0.2) is 24.3 Å². The van der Waals surface area contributed by atoms with E-state index in [2.05, 4.69) is 29.6 Å². The van der Waals surface area contributed by atoms with Crippen LogP contribution in [0.5, 0.6) is 0 Å². The number of benzene rings is 1. The number of hydrogen-bond donors (Lipinski definition) is 1. The van der Waals surface area contributed by atoms with E-state index in [1.54, 1.807) is 0 Å². The molecule has 19 heavy (non-hydrogen) atoms. The molecule has 2 heteroatoms. The van der Waals surface area contributed by atoms with Gasteiger partial charge in [0.1, 0.15) is 0 Å². The van der Waals surface area contributed by atoms with Crippen molar-refractivity contribution in [2.75, 3.05) is 20.2 Å². The lowest BCUT2D eigenvalue weighted by molar-refractivity contribution is 0.0739. The van der Waals surface area contributed by atoms with E-state index in [1.807, 2.05) is 7.05 Å². The van der Waals surface area contributed by atoms with Gasteiger partial charge in [-0.3, -0.25) is 0 Å². The van der Waals surface area contributed by atoms with E-state index in [-0.39, 0.29) is 0 Å². The third kappa shape index (κ3) is 5.33. The minimum Gasteiger partial charge on any atom is -0.376 e. The molecule has 0 heterocycles. The first-order valence-corrected chi connectivity index (χ1v) is 7.68. The molecule has 1 fully saturated rings. The van der Waals surface area contributed by atoms with Crippen molar-refractivity contribution in [2.24, 2.45) is 5.92 Å². The predicted octanol–water partition coefficient (Wildman–Crippen LogP) is 3.55. The van der Waals surface area contributed by atoms with E-state index in [0.29, 0.717) is 0 Å². The van der Waals surface area contributed by atoms with Gasteiger partial charge in [-0.15, -0.1) is 0 Å². The third-order valence-corrected chi connectivity index (χ3v) is 4.03. The molecule has 0 aromatic heterocycles. The lowest BCUT2D eigenvalue weighted by Crippen LogP contribution is -2.13. The van der Waals surface area contributed by atoms with Crippen LogP contribution in [0.3, 0.4) is 0 Å². The molecule has 0 saturated heterocycles. The Morgan fingerprint density at radius 2 is 1.74 bits per heavy atom. The van der Waals surface area contributed by atoms with Gasteiger partial charge in [0.2, 0.25) is 0 Å². The molecular formula is C17H27NO. The van der Waals surface area contributed by atoms with Crippen LogP contribution in [0.25, 0.3) is 0 Å². The fourth-order valence-electron chi connectivity index (χ4n) is 2.77. The molecule has 0 spiro atoms. The highest BCUT2D eigenvalue weighted by molar-refractivity contribution is 5.22. The number of nitrogens with one attached hydrogen (secondary N) is 1. The fourth-order valence-corrected chi connectivity index (χ4v) is 2.77. The summed E-state index contributed by atoms with van der Waals surface area (Å²) in [6.45, 7) is 2.75. The molecular weight excluding hydrogens is 234 g/mol. The van der Waals surface area contributed by atoms with Gasteiger partial charge >= 0.3 is 0 Å². The maximum atomic E-state index is 5.87. The summed E-state index contributed by atoms with van der Waals surface area (Å²) >= 11 is 0. The number of likely N-dealkylation sites (N-methyl/N-ethyl adjacent to an activating group) is 1. The van der Waals surface area contributed by atoms with Gasteiger partial charge in [0, 0.05) is 6.61 Å². The second-order valence-corrected chi connectivity index (χ2v) is 5.69. The Morgan fingerprint density at radius 1 is 1.05 bits per heavy atom. The smallest absolute Gasteiger partial charge is 0.0717 e. The van der Waals surface area contributed by atoms with Crippen LogP contribution in [0, 0.1) is 5.92 Å². The van der Waals surface area contributed by atoms with Crippen molar-refractivity contribution in [2.45, 2.75) is 45.1 Å². The van der Waals surface area contributed by atoms with Crippen molar-refractivity contribution in [3.63, 3.8) is 0 Å². The van der Waals surface area contributed by atoms with Crippen molar-refractivity contribution in [1.82, 2.24) is 5.32 Å². The Bertz CT molecular complexity index is 341. The third-order valence-electron chi connectivity index (χ3n) is 4.03. The number of rotatable bonds is 7. The molecule has 1 N–H and O–H groups in total. The van der Waals surface area contributed by atoms with Crippen molar-refractivity contribution in [3.05, 3.63) is 35.4 Å². The fraction of sp³-hybridized carbons (Fsp3) is 0.647. The van der Waals surface area contributed by atoms with Crippen LogP contribution in [-0.2, 0) is 17.8 Å². The average Bonchev–Trinajstić information content (AvgIpc) is 2.47. The van der Waals surface area contributed by atoms with E-state index in [4.69, 9.17) is 4.74 Å². The predicted molar refractivity (Wildman–Crippen MR) is 80.3 cm³/mol. The summed E-state index contributed by atoms with van der Waals surface area (Å²) in [6, 6.07) is 8.84. The van der Waals surface area contributed by atoms with Crippen molar-refractivity contribution >= 4 is 0 Å². The first-order valence-electron chi connectivity index (χ1n) is 7.68. The second kappa shape index (κ2) is 8.34. The summed E-state index contributed by atoms with van der Waals surface area (Å²) in [5.41, 5.74) is 2.69. The summed E-state index contributed by atoms with van der Waals surface area (Å²) in [5.74, 6) is 0.809. The van der Waals surface area contributed by atoms with Gasteiger partial charge in [-0.1, -0.05) is 43.5 Å². The zero-order valence-corrected chi connectivity index (χ0v) is 12.2. The molecule has 1 aliphatic rings. The molecule has 1 aromatic carbocycles. The van der Waals surface area contributed by atoms with Gasteiger partial charge in [0.05, 0.1) is 6.61 Å². The molecule has 106 valence electrons. The summed E-state index contributed by atoms with van der Waals surface area (Å²) in [5, 5.41) is 3.18. The van der Waals surface area contributed by atoms with Gasteiger partial charge in [-0.25, -0.2) is 0 Å². The summed E-state index contributed by atoms with van der Waals surface area (Å²) in [7, 11) is 1.99. The van der Waals surface area contributed by atoms with Crippen LogP contribution in [0.4, 0.5) is 0 Å². The Hall–Kier alpha value is -0.860. The molecule has 0 unspecified atom stereocenters. The number of ether oxygens (including phenoxy) is 1. The number of hydrogen-bond acceptors (Lipinski definition) is 2. The largest absolute Gasteiger partial charge is 0.376 e. The maximum absolute atomic E-state index is 5.87. The van der Waals surface area contributed by atoms with Crippen LogP contribution in [0.1, 0.15) is 43.2 Å². The van der Waals surface area contributed by atoms with E-state index >= 15 is 0 Å². The highest BCUT2D eigenvalue weighted by Gasteiger charge is 2.13. The van der Waals surface area contributed by atoms with Gasteiger partial charge in [0.25, 0.3) is 0 Å². The average molecular weight is 261 g/mol. The summed E-state index contributed by atoms with van der Waals surface area (Å²) in [4.78, 5) is 0. The van der Waals surface area contributed by atoms with E-state index in [1.165, 1.54) is 43.2 Å². The first-order chi connectivity index (χ1) is 9.38. The Morgan fingerprint density at radius 3 is 2.42 bits per heavy atom. The van der Waals surface area contributed by atoms with Gasteiger partial charge < -0.3 is 10.1 Å². The minimum absolute atomic E-state index is 0.767. The summed E-state index contributed by atoms with van der Waals surface area (Å²) in [6.07, 6.45) is 8.04. The van der Waals surface area contributed by atoms with Crippen LogP contribution in [-0.4, -0.2) is 20.2 Å². The SMILES string of the molecule is CNCCc1ccc(COCC2CCCCC2)cc1. The van der Waals surface area contributed by atoms with Crippen molar-refractivity contribution < 1.29 is 4.74 Å². The zero-order chi connectivity index (χ0) is 13.3. The van der Waals surface area contributed by atoms with Crippen molar-refractivity contribution in [1.29, 1.82) is 0 Å². The Labute approximate surface area is 117 Å². The lowest BCUT2D eigenvalue weighted by atomic mass is 9.90. The molecule has 2 nitrogen and oxygen atoms in total. The minimum atomic E-state index is 0.767. The first kappa shape index (κ1) is 14.5. The van der Waals surface area contributed by atoms with Gasteiger partial charge in [-0.2, -0.15) is 0 Å². The van der Waals surface area contributed by atoms with E-state index < -0.39 is 0 Å². The molecule has 0 bridgehead atoms. The van der Waals surface area contributed by atoms with E-state index in [9.17, 15) is 0 Å². The lowest BCUT2D eigenvalue weighted by Gasteiger charge is -2.21. The standard InChI is InChI=1S/C17H27NO/c1-18-12-11-15-7-9-17(10-8-15)14-19-13-16-5-3-2-4-6-16/h7-10,16,18H,2-6,11-14H2,1H3. The molecule has 0 amide bonds. The quantitative estimate of drug-likeness (QED) is 0.810. The monoisotopic (exact) mass is 261 g/mol. The molecule has 1 saturated carbocycles. The van der Waals surface area contributed by atoms with E-state index in [0.717, 1.165) is 32.1 Å². The summed E-state index contributed by atoms with van der Waals surface area (Å²) < 4.78 is 5.87. The normalized spacial score (nSPS) is 16.7. The molecule has 0 aliphatic heterocycles. The topological polar surface area (TPSA) is 21.3 Å². The maximum Gasteiger partial charge on any atom is 0.0717 e. The molecule has 1 aliphatic carbocycles. The molecule has 0 atom stereocenters. The van der Waals surface area contributed by atoms with Crippen LogP contribution in [0.2, 0.25) is 0 Å². The second-order valence-electron chi connectivity index (χ2n) is 5.69. The Kier molecular flexibility index (Phi) is 6.38. The highest BCUT2D eigenvalue weighted by Crippen LogP contribution is 2.23. The van der Waals surface area contributed by atoms with Crippen LogP contribution >= 0.6 is 0 Å². The molecule has 0 radical (unpaired) electrons. The van der Waals surface area contributed by atoms with Crippen LogP contribution < -0.4 is 5.32 Å². The van der Waals surface area contributed by atoms with Gasteiger partial charge in [0.15, 0.2) is 0 Å². The Balaban J connectivity index is 1.67. The van der Waals surface area contributed by atoms with Gasteiger partial charge in [-0.05, 0) is 49.9 Å². The molecule has 1 aromatic rings. The highest BCUT2D eigenvalue weighted by atomic mass is 16.5. The zero-order valence-electron chi connectivity index (χ0n) is 12.2. The molecule has 2 rings (SSSR count).